The highest BCUT2D eigenvalue weighted by molar-refractivity contribution is 7.18. The molecule has 1 aromatic heterocycles. The van der Waals surface area contributed by atoms with Gasteiger partial charge in [0.05, 0.1) is 0 Å². The second-order valence-corrected chi connectivity index (χ2v) is 9.22. The van der Waals surface area contributed by atoms with Gasteiger partial charge in [-0.1, -0.05) is 48.1 Å². The van der Waals surface area contributed by atoms with Gasteiger partial charge in [0.1, 0.15) is 0 Å². The molecule has 3 aliphatic rings. The van der Waals surface area contributed by atoms with E-state index in [1.807, 2.05) is 0 Å². The highest BCUT2D eigenvalue weighted by Gasteiger charge is 2.45. The highest BCUT2D eigenvalue weighted by atomic mass is 32.1. The van der Waals surface area contributed by atoms with Gasteiger partial charge in [0.15, 0.2) is 0 Å². The van der Waals surface area contributed by atoms with Gasteiger partial charge < -0.3 is 10.6 Å². The summed E-state index contributed by atoms with van der Waals surface area (Å²) in [5, 5.41) is 9.92. The van der Waals surface area contributed by atoms with Gasteiger partial charge in [-0.25, -0.2) is 0 Å². The third-order valence-corrected chi connectivity index (χ3v) is 7.34. The molecule has 3 fully saturated rings. The second kappa shape index (κ2) is 6.82. The van der Waals surface area contributed by atoms with Crippen molar-refractivity contribution in [3.8, 4) is 0 Å². The molecule has 0 amide bonds. The number of nitrogens with two attached hydrogens (primary N) is 1. The lowest BCUT2D eigenvalue weighted by Crippen LogP contribution is -2.62. The molecule has 0 unspecified atom stereocenters. The Hall–Kier alpha value is -1.66. The molecule has 5 rings (SSSR count). The lowest BCUT2D eigenvalue weighted by Gasteiger charge is -2.55. The van der Waals surface area contributed by atoms with Gasteiger partial charge in [0.2, 0.25) is 10.3 Å². The lowest BCUT2D eigenvalue weighted by atomic mass is 9.74. The minimum atomic E-state index is 0.581. The molecule has 26 heavy (non-hydrogen) atoms. The molecule has 4 heterocycles. The van der Waals surface area contributed by atoms with Crippen molar-refractivity contribution in [2.24, 2.45) is 11.8 Å². The van der Waals surface area contributed by atoms with Crippen LogP contribution in [0.2, 0.25) is 0 Å². The van der Waals surface area contributed by atoms with E-state index in [-0.39, 0.29) is 0 Å². The summed E-state index contributed by atoms with van der Waals surface area (Å²) in [4.78, 5) is 5.33. The van der Waals surface area contributed by atoms with Crippen LogP contribution in [0.5, 0.6) is 0 Å². The molecule has 3 saturated heterocycles. The standard InChI is InChI=1S/C20H27N5S/c21-19-22-23-20(26-19)24-11-15-9-16(13-24)18-8-4-7-17(25(18)12-15)10-14-5-2-1-3-6-14/h1-3,5-6,15-18H,4,7-13H2,(H2,21,22)/t15-,16+,17+,18-/m0/s1. The first kappa shape index (κ1) is 16.5. The monoisotopic (exact) mass is 369 g/mol. The number of piperidine rings is 3. The van der Waals surface area contributed by atoms with Gasteiger partial charge in [-0.15, -0.1) is 10.2 Å². The largest absolute Gasteiger partial charge is 0.374 e. The molecule has 0 saturated carbocycles. The first-order chi connectivity index (χ1) is 12.8. The number of hydrogen-bond donors (Lipinski definition) is 1. The van der Waals surface area contributed by atoms with Crippen LogP contribution in [-0.4, -0.2) is 46.8 Å². The van der Waals surface area contributed by atoms with Crippen LogP contribution in [0.15, 0.2) is 30.3 Å². The third kappa shape index (κ3) is 3.09. The van der Waals surface area contributed by atoms with Gasteiger partial charge in [-0.05, 0) is 43.1 Å². The zero-order valence-corrected chi connectivity index (χ0v) is 15.9. The number of aromatic nitrogens is 2. The molecule has 0 radical (unpaired) electrons. The zero-order valence-electron chi connectivity index (χ0n) is 15.1. The van der Waals surface area contributed by atoms with Crippen LogP contribution in [-0.2, 0) is 6.42 Å². The van der Waals surface area contributed by atoms with E-state index in [4.69, 9.17) is 5.73 Å². The Morgan fingerprint density at radius 3 is 2.77 bits per heavy atom. The summed E-state index contributed by atoms with van der Waals surface area (Å²) in [5.74, 6) is 1.50. The van der Waals surface area contributed by atoms with Crippen LogP contribution in [0, 0.1) is 11.8 Å². The molecular weight excluding hydrogens is 342 g/mol. The van der Waals surface area contributed by atoms with Crippen LogP contribution < -0.4 is 10.6 Å². The van der Waals surface area contributed by atoms with Crippen LogP contribution in [0.4, 0.5) is 10.3 Å². The van der Waals surface area contributed by atoms with Crippen molar-refractivity contribution in [1.82, 2.24) is 15.1 Å². The number of benzene rings is 1. The number of hydrogen-bond acceptors (Lipinski definition) is 6. The van der Waals surface area contributed by atoms with Gasteiger partial charge in [0.25, 0.3) is 0 Å². The summed E-state index contributed by atoms with van der Waals surface area (Å²) in [6.07, 6.45) is 6.65. The predicted molar refractivity (Wildman–Crippen MR) is 106 cm³/mol. The van der Waals surface area contributed by atoms with Gasteiger partial charge >= 0.3 is 0 Å². The number of nitrogen functional groups attached to an aromatic ring is 1. The van der Waals surface area contributed by atoms with Crippen LogP contribution in [0.3, 0.4) is 0 Å². The highest BCUT2D eigenvalue weighted by Crippen LogP contribution is 2.41. The van der Waals surface area contributed by atoms with E-state index in [2.05, 4.69) is 50.3 Å². The molecular formula is C20H27N5S. The van der Waals surface area contributed by atoms with E-state index >= 15 is 0 Å². The summed E-state index contributed by atoms with van der Waals surface area (Å²) in [5.41, 5.74) is 7.29. The van der Waals surface area contributed by atoms with E-state index < -0.39 is 0 Å². The molecule has 138 valence electrons. The summed E-state index contributed by atoms with van der Waals surface area (Å²) >= 11 is 1.53. The quantitative estimate of drug-likeness (QED) is 0.901. The Balaban J connectivity index is 1.33. The van der Waals surface area contributed by atoms with E-state index in [1.54, 1.807) is 0 Å². The number of fused-ring (bicyclic) bond motifs is 4. The lowest BCUT2D eigenvalue weighted by molar-refractivity contribution is -0.0186. The first-order valence-electron chi connectivity index (χ1n) is 9.90. The van der Waals surface area contributed by atoms with Crippen LogP contribution in [0.25, 0.3) is 0 Å². The maximum atomic E-state index is 5.81. The molecule has 0 aliphatic carbocycles. The van der Waals surface area contributed by atoms with Crippen molar-refractivity contribution in [3.63, 3.8) is 0 Å². The molecule has 0 spiro atoms. The molecule has 2 bridgehead atoms. The maximum absolute atomic E-state index is 5.81. The Labute approximate surface area is 159 Å². The molecule has 2 aromatic rings. The fourth-order valence-electron chi connectivity index (χ4n) is 5.53. The minimum absolute atomic E-state index is 0.581. The van der Waals surface area contributed by atoms with Crippen molar-refractivity contribution in [2.45, 2.75) is 44.2 Å². The molecule has 1 aromatic carbocycles. The molecule has 5 nitrogen and oxygen atoms in total. The Kier molecular flexibility index (Phi) is 4.33. The average Bonchev–Trinajstić information content (AvgIpc) is 3.10. The summed E-state index contributed by atoms with van der Waals surface area (Å²) in [6.45, 7) is 3.46. The fraction of sp³-hybridized carbons (Fsp3) is 0.600. The van der Waals surface area contributed by atoms with Gasteiger partial charge in [-0.3, -0.25) is 4.90 Å². The number of rotatable bonds is 3. The van der Waals surface area contributed by atoms with E-state index in [0.29, 0.717) is 11.2 Å². The topological polar surface area (TPSA) is 58.3 Å². The molecule has 6 heteroatoms. The van der Waals surface area contributed by atoms with Gasteiger partial charge in [-0.2, -0.15) is 0 Å². The summed E-state index contributed by atoms with van der Waals surface area (Å²) in [6, 6.07) is 12.5. The van der Waals surface area contributed by atoms with Crippen LogP contribution >= 0.6 is 11.3 Å². The van der Waals surface area contributed by atoms with Crippen molar-refractivity contribution in [2.75, 3.05) is 30.3 Å². The smallest absolute Gasteiger partial charge is 0.210 e. The van der Waals surface area contributed by atoms with E-state index in [1.165, 1.54) is 55.5 Å². The SMILES string of the molecule is Nc1nnc(N2C[C@@H]3C[C@H](C2)[C@@H]2CCC[C@H](Cc4ccccc4)N2C3)s1. The Morgan fingerprint density at radius 2 is 1.96 bits per heavy atom. The van der Waals surface area contributed by atoms with Crippen molar-refractivity contribution >= 4 is 21.6 Å². The number of anilines is 2. The first-order valence-corrected chi connectivity index (χ1v) is 10.7. The molecule has 3 aliphatic heterocycles. The maximum Gasteiger partial charge on any atom is 0.210 e. The van der Waals surface area contributed by atoms with E-state index in [0.717, 1.165) is 36.1 Å². The minimum Gasteiger partial charge on any atom is -0.374 e. The van der Waals surface area contributed by atoms with Crippen molar-refractivity contribution in [3.05, 3.63) is 35.9 Å². The normalized spacial score (nSPS) is 31.6. The molecule has 4 atom stereocenters. The zero-order chi connectivity index (χ0) is 17.5. The second-order valence-electron chi connectivity index (χ2n) is 8.23. The predicted octanol–water partition coefficient (Wildman–Crippen LogP) is 3.04. The number of nitrogens with zero attached hydrogens (tertiary/aromatic N) is 4. The third-order valence-electron chi connectivity index (χ3n) is 6.53. The Morgan fingerprint density at radius 1 is 1.08 bits per heavy atom. The Bertz CT molecular complexity index is 748. The molecule has 2 N–H and O–H groups in total. The average molecular weight is 370 g/mol. The van der Waals surface area contributed by atoms with Crippen LogP contribution in [0.1, 0.15) is 31.2 Å². The summed E-state index contributed by atoms with van der Waals surface area (Å²) < 4.78 is 0. The van der Waals surface area contributed by atoms with E-state index in [9.17, 15) is 0 Å². The summed E-state index contributed by atoms with van der Waals surface area (Å²) in [7, 11) is 0. The van der Waals surface area contributed by atoms with Crippen molar-refractivity contribution < 1.29 is 0 Å². The fourth-order valence-corrected chi connectivity index (χ4v) is 6.16. The van der Waals surface area contributed by atoms with Crippen molar-refractivity contribution in [1.29, 1.82) is 0 Å². The van der Waals surface area contributed by atoms with Gasteiger partial charge in [0, 0.05) is 31.7 Å².